The molecule has 0 amide bonds. The minimum atomic E-state index is 0.0936. The highest BCUT2D eigenvalue weighted by Gasteiger charge is 2.04. The molecule has 0 spiro atoms. The molecule has 0 bridgehead atoms. The van der Waals surface area contributed by atoms with Gasteiger partial charge < -0.3 is 5.32 Å². The van der Waals surface area contributed by atoms with E-state index < -0.39 is 0 Å². The van der Waals surface area contributed by atoms with Crippen LogP contribution in [0, 0.1) is 5.41 Å². The second-order valence-corrected chi connectivity index (χ2v) is 3.72. The van der Waals surface area contributed by atoms with Crippen molar-refractivity contribution in [2.75, 3.05) is 7.05 Å². The highest BCUT2D eigenvalue weighted by molar-refractivity contribution is 7.80. The maximum Gasteiger partial charge on any atom is 0.186 e. The van der Waals surface area contributed by atoms with E-state index in [9.17, 15) is 0 Å². The maximum atomic E-state index is 4.81. The molecule has 0 aromatic carbocycles. The number of hydrogen-bond donors (Lipinski definition) is 2. The average Bonchev–Trinajstić information content (AvgIpc) is 1.85. The first-order valence-corrected chi connectivity index (χ1v) is 3.88. The normalized spacial score (nSPS) is 11.6. The van der Waals surface area contributed by atoms with Gasteiger partial charge >= 0.3 is 0 Å². The lowest BCUT2D eigenvalue weighted by atomic mass is 9.99. The zero-order valence-electron chi connectivity index (χ0n) is 7.43. The van der Waals surface area contributed by atoms with Gasteiger partial charge in [0.05, 0.1) is 0 Å². The van der Waals surface area contributed by atoms with Crippen LogP contribution in [0.3, 0.4) is 0 Å². The van der Waals surface area contributed by atoms with Crippen molar-refractivity contribution in [3.05, 3.63) is 0 Å². The summed E-state index contributed by atoms with van der Waals surface area (Å²) < 4.78 is 0. The summed E-state index contributed by atoms with van der Waals surface area (Å²) in [5.41, 5.74) is 2.77. The molecule has 0 saturated carbocycles. The van der Waals surface area contributed by atoms with Crippen molar-refractivity contribution in [1.82, 2.24) is 10.7 Å². The third-order valence-corrected chi connectivity index (χ3v) is 1.14. The summed E-state index contributed by atoms with van der Waals surface area (Å²) in [7, 11) is 1.75. The van der Waals surface area contributed by atoms with Crippen molar-refractivity contribution in [3.63, 3.8) is 0 Å². The Morgan fingerprint density at radius 3 is 2.36 bits per heavy atom. The second kappa shape index (κ2) is 4.28. The van der Waals surface area contributed by atoms with Crippen LogP contribution in [0.1, 0.15) is 20.8 Å². The predicted molar refractivity (Wildman–Crippen MR) is 52.7 cm³/mol. The molecule has 0 radical (unpaired) electrons. The molecular formula is C7H15N3S. The van der Waals surface area contributed by atoms with E-state index >= 15 is 0 Å². The van der Waals surface area contributed by atoms with Gasteiger partial charge in [-0.1, -0.05) is 20.8 Å². The maximum absolute atomic E-state index is 4.81. The molecule has 0 atom stereocenters. The van der Waals surface area contributed by atoms with Gasteiger partial charge in [0.2, 0.25) is 0 Å². The summed E-state index contributed by atoms with van der Waals surface area (Å²) in [5, 5.41) is 7.23. The summed E-state index contributed by atoms with van der Waals surface area (Å²) in [5.74, 6) is 0. The van der Waals surface area contributed by atoms with Crippen LogP contribution in [0.5, 0.6) is 0 Å². The fraction of sp³-hybridized carbons (Fsp3) is 0.714. The van der Waals surface area contributed by atoms with Gasteiger partial charge in [-0.15, -0.1) is 0 Å². The van der Waals surface area contributed by atoms with Gasteiger partial charge in [0, 0.05) is 13.3 Å². The number of thiocarbonyl (C=S) groups is 1. The van der Waals surface area contributed by atoms with Crippen molar-refractivity contribution in [2.45, 2.75) is 20.8 Å². The van der Waals surface area contributed by atoms with Crippen molar-refractivity contribution in [1.29, 1.82) is 0 Å². The highest BCUT2D eigenvalue weighted by atomic mass is 32.1. The third kappa shape index (κ3) is 7.25. The Morgan fingerprint density at radius 2 is 2.00 bits per heavy atom. The third-order valence-electron chi connectivity index (χ3n) is 0.845. The van der Waals surface area contributed by atoms with Crippen molar-refractivity contribution < 1.29 is 0 Å². The van der Waals surface area contributed by atoms with Gasteiger partial charge in [-0.2, -0.15) is 5.10 Å². The lowest BCUT2D eigenvalue weighted by Crippen LogP contribution is -2.29. The summed E-state index contributed by atoms with van der Waals surface area (Å²) in [6.07, 6.45) is 1.82. The fourth-order valence-electron chi connectivity index (χ4n) is 0.340. The first-order valence-electron chi connectivity index (χ1n) is 3.47. The Balaban J connectivity index is 3.70. The van der Waals surface area contributed by atoms with Crippen molar-refractivity contribution >= 4 is 23.5 Å². The fourth-order valence-corrected chi connectivity index (χ4v) is 0.393. The van der Waals surface area contributed by atoms with E-state index in [-0.39, 0.29) is 5.41 Å². The molecule has 11 heavy (non-hydrogen) atoms. The molecule has 0 aliphatic heterocycles. The topological polar surface area (TPSA) is 36.4 Å². The van der Waals surface area contributed by atoms with Gasteiger partial charge in [-0.3, -0.25) is 5.43 Å². The van der Waals surface area contributed by atoms with Crippen LogP contribution in [0.25, 0.3) is 0 Å². The molecule has 0 fully saturated rings. The Bertz CT molecular complexity index is 158. The molecule has 0 aliphatic rings. The molecule has 3 nitrogen and oxygen atoms in total. The Labute approximate surface area is 73.3 Å². The minimum Gasteiger partial charge on any atom is -0.364 e. The average molecular weight is 173 g/mol. The van der Waals surface area contributed by atoms with E-state index in [0.717, 1.165) is 0 Å². The Morgan fingerprint density at radius 1 is 1.45 bits per heavy atom. The standard InChI is InChI=1S/C7H15N3S/c1-7(2,3)5-9-10-6(11)8-4/h5H,1-4H3,(H2,8,10,11)/b9-5+. The number of hydrazone groups is 1. The Hall–Kier alpha value is -0.640. The lowest BCUT2D eigenvalue weighted by molar-refractivity contribution is 0.602. The van der Waals surface area contributed by atoms with E-state index in [1.807, 2.05) is 6.21 Å². The molecule has 0 aromatic rings. The summed E-state index contributed by atoms with van der Waals surface area (Å²) >= 11 is 4.81. The van der Waals surface area contributed by atoms with Crippen LogP contribution in [-0.2, 0) is 0 Å². The monoisotopic (exact) mass is 173 g/mol. The Kier molecular flexibility index (Phi) is 4.03. The molecule has 0 saturated heterocycles. The van der Waals surface area contributed by atoms with Crippen LogP contribution in [0.2, 0.25) is 0 Å². The number of rotatable bonds is 1. The molecule has 0 unspecified atom stereocenters. The van der Waals surface area contributed by atoms with Gasteiger partial charge in [0.15, 0.2) is 5.11 Å². The minimum absolute atomic E-state index is 0.0936. The molecule has 4 heteroatoms. The van der Waals surface area contributed by atoms with E-state index in [4.69, 9.17) is 12.2 Å². The number of nitrogens with one attached hydrogen (secondary N) is 2. The van der Waals surface area contributed by atoms with Crippen molar-refractivity contribution in [3.8, 4) is 0 Å². The molecule has 0 aliphatic carbocycles. The van der Waals surface area contributed by atoms with Crippen LogP contribution in [-0.4, -0.2) is 18.4 Å². The van der Waals surface area contributed by atoms with Crippen LogP contribution in [0.4, 0.5) is 0 Å². The first kappa shape index (κ1) is 10.4. The molecule has 0 rings (SSSR count). The van der Waals surface area contributed by atoms with E-state index in [2.05, 4.69) is 36.6 Å². The smallest absolute Gasteiger partial charge is 0.186 e. The highest BCUT2D eigenvalue weighted by Crippen LogP contribution is 2.07. The van der Waals surface area contributed by atoms with E-state index in [1.54, 1.807) is 7.05 Å². The zero-order chi connectivity index (χ0) is 8.91. The molecule has 0 aromatic heterocycles. The quantitative estimate of drug-likeness (QED) is 0.354. The van der Waals surface area contributed by atoms with Crippen molar-refractivity contribution in [2.24, 2.45) is 10.5 Å². The number of hydrogen-bond acceptors (Lipinski definition) is 2. The summed E-state index contributed by atoms with van der Waals surface area (Å²) in [6, 6.07) is 0. The van der Waals surface area contributed by atoms with Crippen LogP contribution < -0.4 is 10.7 Å². The second-order valence-electron chi connectivity index (χ2n) is 3.32. The molecular weight excluding hydrogens is 158 g/mol. The zero-order valence-corrected chi connectivity index (χ0v) is 8.25. The lowest BCUT2D eigenvalue weighted by Gasteiger charge is -2.09. The van der Waals surface area contributed by atoms with Crippen LogP contribution >= 0.6 is 12.2 Å². The number of nitrogens with zero attached hydrogens (tertiary/aromatic N) is 1. The van der Waals surface area contributed by atoms with E-state index in [0.29, 0.717) is 5.11 Å². The van der Waals surface area contributed by atoms with Crippen LogP contribution in [0.15, 0.2) is 5.10 Å². The van der Waals surface area contributed by atoms with Gasteiger partial charge in [-0.05, 0) is 17.6 Å². The van der Waals surface area contributed by atoms with Gasteiger partial charge in [0.1, 0.15) is 0 Å². The largest absolute Gasteiger partial charge is 0.364 e. The molecule has 0 heterocycles. The van der Waals surface area contributed by atoms with Gasteiger partial charge in [-0.25, -0.2) is 0 Å². The first-order chi connectivity index (χ1) is 4.95. The molecule has 2 N–H and O–H groups in total. The van der Waals surface area contributed by atoms with Gasteiger partial charge in [0.25, 0.3) is 0 Å². The summed E-state index contributed by atoms with van der Waals surface area (Å²) in [4.78, 5) is 0. The predicted octanol–water partition coefficient (Wildman–Crippen LogP) is 1.11. The van der Waals surface area contributed by atoms with E-state index in [1.165, 1.54) is 0 Å². The summed E-state index contributed by atoms with van der Waals surface area (Å²) in [6.45, 7) is 6.21. The molecule has 64 valence electrons. The SMILES string of the molecule is CNC(=S)N/N=C/C(C)(C)C.